The predicted molar refractivity (Wildman–Crippen MR) is 113 cm³/mol. The van der Waals surface area contributed by atoms with Crippen LogP contribution in [0, 0.1) is 0 Å². The summed E-state index contributed by atoms with van der Waals surface area (Å²) >= 11 is 0. The molecule has 0 saturated heterocycles. The van der Waals surface area contributed by atoms with Crippen LogP contribution >= 0.6 is 0 Å². The van der Waals surface area contributed by atoms with E-state index in [1.54, 1.807) is 0 Å². The van der Waals surface area contributed by atoms with Gasteiger partial charge in [0, 0.05) is 38.9 Å². The lowest BCUT2D eigenvalue weighted by Gasteiger charge is -2.19. The van der Waals surface area contributed by atoms with Gasteiger partial charge in [0.05, 0.1) is 6.54 Å². The molecule has 1 aromatic rings. The van der Waals surface area contributed by atoms with Gasteiger partial charge in [-0.3, -0.25) is 14.6 Å². The minimum atomic E-state index is -0.628. The van der Waals surface area contributed by atoms with E-state index in [0.717, 1.165) is 50.3 Å². The van der Waals surface area contributed by atoms with Gasteiger partial charge < -0.3 is 26.1 Å². The van der Waals surface area contributed by atoms with Gasteiger partial charge in [-0.15, -0.1) is 0 Å². The molecule has 1 aromatic carbocycles. The Labute approximate surface area is 171 Å². The number of guanidine groups is 1. The molecule has 2 amide bonds. The fraction of sp³-hybridized carbons (Fsp3) is 0.524. The second-order valence-electron chi connectivity index (χ2n) is 6.95. The number of nitrogens with zero attached hydrogens (tertiary/aromatic N) is 1. The molecule has 0 bridgehead atoms. The van der Waals surface area contributed by atoms with Gasteiger partial charge >= 0.3 is 0 Å². The maximum absolute atomic E-state index is 12.6. The fourth-order valence-corrected chi connectivity index (χ4v) is 2.98. The number of amides is 2. The van der Waals surface area contributed by atoms with E-state index >= 15 is 0 Å². The zero-order valence-electron chi connectivity index (χ0n) is 16.8. The molecule has 0 fully saturated rings. The summed E-state index contributed by atoms with van der Waals surface area (Å²) in [6.45, 7) is 3.03. The third-order valence-corrected chi connectivity index (χ3v) is 4.53. The standard InChI is InChI=1S/C21H31N5O3/c27-15-7-4-10-19(28)26-18(16-17-8-2-1-3-9-17)20(29)22-11-5-6-12-23-21-24-13-14-25-21/h1-3,8-9,15,18H,4-7,10-14,16H2,(H,22,29)(H,26,28)(H2,23,24,25)/t18-/m1/s1. The third kappa shape index (κ3) is 9.23. The molecule has 8 nitrogen and oxygen atoms in total. The van der Waals surface area contributed by atoms with Crippen molar-refractivity contribution in [3.05, 3.63) is 35.9 Å². The molecule has 1 aliphatic rings. The van der Waals surface area contributed by atoms with E-state index < -0.39 is 6.04 Å². The van der Waals surface area contributed by atoms with E-state index in [1.165, 1.54) is 0 Å². The lowest BCUT2D eigenvalue weighted by Crippen LogP contribution is -2.48. The van der Waals surface area contributed by atoms with Crippen molar-refractivity contribution >= 4 is 24.1 Å². The number of carbonyl (C=O) groups excluding carboxylic acids is 3. The number of carbonyl (C=O) groups is 3. The maximum atomic E-state index is 12.6. The molecule has 4 N–H and O–H groups in total. The third-order valence-electron chi connectivity index (χ3n) is 4.53. The summed E-state index contributed by atoms with van der Waals surface area (Å²) in [5.41, 5.74) is 0.981. The summed E-state index contributed by atoms with van der Waals surface area (Å²) in [5, 5.41) is 12.1. The van der Waals surface area contributed by atoms with Gasteiger partial charge in [0.25, 0.3) is 0 Å². The summed E-state index contributed by atoms with van der Waals surface area (Å²) in [7, 11) is 0. The molecule has 0 saturated carbocycles. The smallest absolute Gasteiger partial charge is 0.242 e. The number of hydrogen-bond acceptors (Lipinski definition) is 6. The Morgan fingerprint density at radius 1 is 1.14 bits per heavy atom. The van der Waals surface area contributed by atoms with Crippen LogP contribution in [0.5, 0.6) is 0 Å². The molecule has 0 radical (unpaired) electrons. The molecule has 0 aliphatic carbocycles. The Bertz CT molecular complexity index is 678. The van der Waals surface area contributed by atoms with Gasteiger partial charge in [-0.05, 0) is 24.8 Å². The van der Waals surface area contributed by atoms with Crippen LogP contribution < -0.4 is 21.3 Å². The second-order valence-corrected chi connectivity index (χ2v) is 6.95. The second kappa shape index (κ2) is 13.3. The first-order valence-corrected chi connectivity index (χ1v) is 10.3. The molecular weight excluding hydrogens is 370 g/mol. The lowest BCUT2D eigenvalue weighted by molar-refractivity contribution is -0.129. The Morgan fingerprint density at radius 3 is 2.66 bits per heavy atom. The molecule has 1 heterocycles. The number of unbranched alkanes of at least 4 members (excludes halogenated alkanes) is 2. The minimum absolute atomic E-state index is 0.188. The molecule has 2 rings (SSSR count). The summed E-state index contributed by atoms with van der Waals surface area (Å²) in [5.74, 6) is 0.443. The van der Waals surface area contributed by atoms with Gasteiger partial charge in [0.2, 0.25) is 11.8 Å². The molecule has 0 aromatic heterocycles. The van der Waals surface area contributed by atoms with Crippen LogP contribution in [-0.4, -0.2) is 56.3 Å². The predicted octanol–water partition coefficient (Wildman–Crippen LogP) is 0.528. The number of aldehydes is 1. The van der Waals surface area contributed by atoms with Crippen molar-refractivity contribution in [2.45, 2.75) is 44.6 Å². The van der Waals surface area contributed by atoms with Crippen LogP contribution in [0.25, 0.3) is 0 Å². The zero-order chi connectivity index (χ0) is 20.7. The molecule has 0 spiro atoms. The first-order chi connectivity index (χ1) is 14.2. The number of hydrogen-bond donors (Lipinski definition) is 4. The molecule has 0 unspecified atom stereocenters. The number of benzene rings is 1. The van der Waals surface area contributed by atoms with E-state index in [0.29, 0.717) is 25.8 Å². The number of aliphatic imine (C=N–C) groups is 1. The van der Waals surface area contributed by atoms with Crippen LogP contribution in [-0.2, 0) is 20.8 Å². The van der Waals surface area contributed by atoms with Gasteiger partial charge in [-0.1, -0.05) is 30.3 Å². The van der Waals surface area contributed by atoms with Gasteiger partial charge in [0.1, 0.15) is 12.3 Å². The highest BCUT2D eigenvalue weighted by Gasteiger charge is 2.20. The molecule has 1 atom stereocenters. The van der Waals surface area contributed by atoms with Crippen molar-refractivity contribution < 1.29 is 14.4 Å². The monoisotopic (exact) mass is 401 g/mol. The van der Waals surface area contributed by atoms with Crippen LogP contribution in [0.15, 0.2) is 35.3 Å². The van der Waals surface area contributed by atoms with Crippen molar-refractivity contribution in [2.75, 3.05) is 26.2 Å². The summed E-state index contributed by atoms with van der Waals surface area (Å²) < 4.78 is 0. The van der Waals surface area contributed by atoms with Crippen molar-refractivity contribution in [1.29, 1.82) is 0 Å². The van der Waals surface area contributed by atoms with E-state index in [4.69, 9.17) is 0 Å². The Balaban J connectivity index is 1.74. The van der Waals surface area contributed by atoms with Crippen molar-refractivity contribution in [2.24, 2.45) is 4.99 Å². The average molecular weight is 402 g/mol. The van der Waals surface area contributed by atoms with Gasteiger partial charge in [-0.2, -0.15) is 0 Å². The highest BCUT2D eigenvalue weighted by atomic mass is 16.2. The summed E-state index contributed by atoms with van der Waals surface area (Å²) in [6.07, 6.45) is 4.03. The van der Waals surface area contributed by atoms with Crippen LogP contribution in [0.2, 0.25) is 0 Å². The topological polar surface area (TPSA) is 112 Å². The van der Waals surface area contributed by atoms with Crippen molar-refractivity contribution in [3.63, 3.8) is 0 Å². The Morgan fingerprint density at radius 2 is 1.93 bits per heavy atom. The SMILES string of the molecule is O=CCCCC(=O)N[C@H](Cc1ccccc1)C(=O)NCCCCNC1=NCCN1. The minimum Gasteiger partial charge on any atom is -0.356 e. The van der Waals surface area contributed by atoms with E-state index in [9.17, 15) is 14.4 Å². The quantitative estimate of drug-likeness (QED) is 0.285. The molecule has 29 heavy (non-hydrogen) atoms. The number of rotatable bonds is 13. The Kier molecular flexibility index (Phi) is 10.3. The van der Waals surface area contributed by atoms with Crippen molar-refractivity contribution in [1.82, 2.24) is 21.3 Å². The Hall–Kier alpha value is -2.90. The maximum Gasteiger partial charge on any atom is 0.242 e. The highest BCUT2D eigenvalue weighted by molar-refractivity contribution is 5.87. The fourth-order valence-electron chi connectivity index (χ4n) is 2.98. The first-order valence-electron chi connectivity index (χ1n) is 10.3. The number of nitrogens with one attached hydrogen (secondary N) is 4. The highest BCUT2D eigenvalue weighted by Crippen LogP contribution is 2.05. The molecule has 1 aliphatic heterocycles. The van der Waals surface area contributed by atoms with Crippen LogP contribution in [0.4, 0.5) is 0 Å². The summed E-state index contributed by atoms with van der Waals surface area (Å²) in [4.78, 5) is 39.4. The molecule has 8 heteroatoms. The zero-order valence-corrected chi connectivity index (χ0v) is 16.8. The van der Waals surface area contributed by atoms with E-state index in [2.05, 4.69) is 26.3 Å². The average Bonchev–Trinajstić information content (AvgIpc) is 3.24. The lowest BCUT2D eigenvalue weighted by atomic mass is 10.0. The molecule has 158 valence electrons. The first kappa shape index (κ1) is 22.4. The largest absolute Gasteiger partial charge is 0.356 e. The van der Waals surface area contributed by atoms with E-state index in [-0.39, 0.29) is 18.2 Å². The molecular formula is C21H31N5O3. The van der Waals surface area contributed by atoms with Crippen LogP contribution in [0.1, 0.15) is 37.7 Å². The van der Waals surface area contributed by atoms with Gasteiger partial charge in [0.15, 0.2) is 5.96 Å². The van der Waals surface area contributed by atoms with Crippen molar-refractivity contribution in [3.8, 4) is 0 Å². The van der Waals surface area contributed by atoms with E-state index in [1.807, 2.05) is 30.3 Å². The summed E-state index contributed by atoms with van der Waals surface area (Å²) in [6, 6.07) is 8.97. The normalized spacial score (nSPS) is 13.7. The van der Waals surface area contributed by atoms with Crippen LogP contribution in [0.3, 0.4) is 0 Å². The van der Waals surface area contributed by atoms with Gasteiger partial charge in [-0.25, -0.2) is 0 Å².